The molecule has 0 unspecified atom stereocenters. The summed E-state index contributed by atoms with van der Waals surface area (Å²) >= 11 is 0. The second kappa shape index (κ2) is 7.63. The largest absolute Gasteiger partial charge is 0.350 e. The van der Waals surface area contributed by atoms with Gasteiger partial charge in [0, 0.05) is 39.1 Å². The van der Waals surface area contributed by atoms with Crippen molar-refractivity contribution in [2.45, 2.75) is 32.6 Å². The van der Waals surface area contributed by atoms with Crippen molar-refractivity contribution in [2.75, 3.05) is 24.5 Å². The highest BCUT2D eigenvalue weighted by molar-refractivity contribution is 5.92. The van der Waals surface area contributed by atoms with Crippen LogP contribution in [0.25, 0.3) is 0 Å². The quantitative estimate of drug-likeness (QED) is 0.899. The summed E-state index contributed by atoms with van der Waals surface area (Å²) in [5.41, 5.74) is 1.56. The number of carbonyl (C=O) groups is 1. The Morgan fingerprint density at radius 1 is 1.36 bits per heavy atom. The zero-order valence-corrected chi connectivity index (χ0v) is 15.1. The molecule has 25 heavy (non-hydrogen) atoms. The van der Waals surface area contributed by atoms with Crippen LogP contribution in [-0.4, -0.2) is 45.3 Å². The van der Waals surface area contributed by atoms with Gasteiger partial charge in [0.25, 0.3) is 5.91 Å². The van der Waals surface area contributed by atoms with Gasteiger partial charge in [0.05, 0.1) is 5.69 Å². The molecule has 134 valence electrons. The molecule has 0 aliphatic carbocycles. The van der Waals surface area contributed by atoms with Gasteiger partial charge in [-0.2, -0.15) is 5.10 Å². The average Bonchev–Trinajstić information content (AvgIpc) is 3.03. The molecule has 0 spiro atoms. The summed E-state index contributed by atoms with van der Waals surface area (Å²) in [6.07, 6.45) is 5.72. The van der Waals surface area contributed by atoms with E-state index in [2.05, 4.69) is 39.1 Å². The van der Waals surface area contributed by atoms with E-state index < -0.39 is 0 Å². The fourth-order valence-electron chi connectivity index (χ4n) is 3.18. The Bertz CT molecular complexity index is 712. The van der Waals surface area contributed by atoms with Crippen molar-refractivity contribution in [3.8, 4) is 0 Å². The van der Waals surface area contributed by atoms with Crippen LogP contribution in [0.2, 0.25) is 0 Å². The number of anilines is 1. The third kappa shape index (κ3) is 4.15. The smallest absolute Gasteiger partial charge is 0.269 e. The monoisotopic (exact) mass is 342 g/mol. The molecular formula is C18H26N6O. The van der Waals surface area contributed by atoms with Crippen LogP contribution >= 0.6 is 0 Å². The fourth-order valence-corrected chi connectivity index (χ4v) is 3.18. The molecule has 2 aromatic rings. The van der Waals surface area contributed by atoms with Crippen LogP contribution in [0, 0.1) is 5.92 Å². The van der Waals surface area contributed by atoms with Crippen molar-refractivity contribution in [2.24, 2.45) is 13.0 Å². The standard InChI is InChI=1S/C18H26N6O/c1-13(2)15-10-16(23(3)22-15)17(25)21-11-14-6-4-9-24(12-14)18-19-7-5-8-20-18/h5,7-8,10,13-14H,4,6,9,11-12H2,1-3H3,(H,21,25)/t14-/m1/s1. The minimum Gasteiger partial charge on any atom is -0.350 e. The molecule has 1 fully saturated rings. The Morgan fingerprint density at radius 3 is 2.80 bits per heavy atom. The normalized spacial score (nSPS) is 17.8. The van der Waals surface area contributed by atoms with Crippen molar-refractivity contribution in [1.29, 1.82) is 0 Å². The van der Waals surface area contributed by atoms with Gasteiger partial charge in [-0.05, 0) is 36.8 Å². The number of amides is 1. The van der Waals surface area contributed by atoms with Gasteiger partial charge >= 0.3 is 0 Å². The Hall–Kier alpha value is -2.44. The second-order valence-corrected chi connectivity index (χ2v) is 6.95. The van der Waals surface area contributed by atoms with Crippen LogP contribution in [0.1, 0.15) is 48.8 Å². The van der Waals surface area contributed by atoms with Crippen molar-refractivity contribution in [1.82, 2.24) is 25.1 Å². The molecule has 0 saturated carbocycles. The number of piperidine rings is 1. The van der Waals surface area contributed by atoms with Crippen molar-refractivity contribution >= 4 is 11.9 Å². The van der Waals surface area contributed by atoms with Gasteiger partial charge < -0.3 is 10.2 Å². The number of nitrogens with zero attached hydrogens (tertiary/aromatic N) is 5. The summed E-state index contributed by atoms with van der Waals surface area (Å²) < 4.78 is 1.66. The summed E-state index contributed by atoms with van der Waals surface area (Å²) in [5.74, 6) is 1.42. The predicted octanol–water partition coefficient (Wildman–Crippen LogP) is 1.98. The maximum Gasteiger partial charge on any atom is 0.269 e. The summed E-state index contributed by atoms with van der Waals surface area (Å²) in [7, 11) is 1.82. The first-order valence-corrected chi connectivity index (χ1v) is 8.88. The lowest BCUT2D eigenvalue weighted by molar-refractivity contribution is 0.0936. The van der Waals surface area contributed by atoms with Crippen LogP contribution < -0.4 is 10.2 Å². The summed E-state index contributed by atoms with van der Waals surface area (Å²) in [4.78, 5) is 23.3. The zero-order chi connectivity index (χ0) is 17.8. The predicted molar refractivity (Wildman–Crippen MR) is 96.6 cm³/mol. The third-order valence-corrected chi connectivity index (χ3v) is 4.63. The minimum absolute atomic E-state index is 0.0602. The third-order valence-electron chi connectivity index (χ3n) is 4.63. The number of aryl methyl sites for hydroxylation is 1. The summed E-state index contributed by atoms with van der Waals surface area (Å²) in [5, 5.41) is 7.48. The first-order valence-electron chi connectivity index (χ1n) is 8.88. The van der Waals surface area contributed by atoms with E-state index in [1.807, 2.05) is 19.2 Å². The molecule has 1 atom stereocenters. The van der Waals surface area contributed by atoms with E-state index in [9.17, 15) is 4.79 Å². The van der Waals surface area contributed by atoms with Gasteiger partial charge in [0.15, 0.2) is 0 Å². The summed E-state index contributed by atoms with van der Waals surface area (Å²) in [6.45, 7) is 6.64. The molecule has 0 radical (unpaired) electrons. The molecule has 3 heterocycles. The molecule has 0 aromatic carbocycles. The second-order valence-electron chi connectivity index (χ2n) is 6.95. The van der Waals surface area contributed by atoms with E-state index in [-0.39, 0.29) is 5.91 Å². The number of hydrogen-bond donors (Lipinski definition) is 1. The molecule has 2 aromatic heterocycles. The number of hydrogen-bond acceptors (Lipinski definition) is 5. The Labute approximate surface area is 148 Å². The lowest BCUT2D eigenvalue weighted by Crippen LogP contribution is -2.41. The van der Waals surface area contributed by atoms with Crippen molar-refractivity contribution in [3.05, 3.63) is 35.9 Å². The maximum atomic E-state index is 12.5. The van der Waals surface area contributed by atoms with Gasteiger partial charge in [-0.1, -0.05) is 13.8 Å². The summed E-state index contributed by atoms with van der Waals surface area (Å²) in [6, 6.07) is 3.70. The average molecular weight is 342 g/mol. The molecule has 7 nitrogen and oxygen atoms in total. The van der Waals surface area contributed by atoms with Gasteiger partial charge in [0.2, 0.25) is 5.95 Å². The van der Waals surface area contributed by atoms with Crippen molar-refractivity contribution < 1.29 is 4.79 Å². The molecule has 1 amide bonds. The van der Waals surface area contributed by atoms with E-state index in [0.29, 0.717) is 24.1 Å². The molecule has 1 saturated heterocycles. The van der Waals surface area contributed by atoms with Crippen LogP contribution in [0.15, 0.2) is 24.5 Å². The van der Waals surface area contributed by atoms with Gasteiger partial charge in [0.1, 0.15) is 5.69 Å². The van der Waals surface area contributed by atoms with Gasteiger partial charge in [-0.15, -0.1) is 0 Å². The van der Waals surface area contributed by atoms with Gasteiger partial charge in [-0.3, -0.25) is 9.48 Å². The molecule has 1 aliphatic rings. The number of aromatic nitrogens is 4. The van der Waals surface area contributed by atoms with Crippen LogP contribution in [0.4, 0.5) is 5.95 Å². The van der Waals surface area contributed by atoms with Crippen LogP contribution in [0.5, 0.6) is 0 Å². The fraction of sp³-hybridized carbons (Fsp3) is 0.556. The molecule has 1 aliphatic heterocycles. The molecule has 0 bridgehead atoms. The first kappa shape index (κ1) is 17.4. The maximum absolute atomic E-state index is 12.5. The minimum atomic E-state index is -0.0602. The molecule has 7 heteroatoms. The van der Waals surface area contributed by atoms with Gasteiger partial charge in [-0.25, -0.2) is 9.97 Å². The first-order chi connectivity index (χ1) is 12.0. The van der Waals surface area contributed by atoms with E-state index in [0.717, 1.165) is 37.6 Å². The lowest BCUT2D eigenvalue weighted by Gasteiger charge is -2.32. The van der Waals surface area contributed by atoms with E-state index in [4.69, 9.17) is 0 Å². The Balaban J connectivity index is 1.57. The highest BCUT2D eigenvalue weighted by Gasteiger charge is 2.23. The lowest BCUT2D eigenvalue weighted by atomic mass is 9.98. The molecular weight excluding hydrogens is 316 g/mol. The molecule has 1 N–H and O–H groups in total. The van der Waals surface area contributed by atoms with E-state index >= 15 is 0 Å². The Kier molecular flexibility index (Phi) is 5.31. The van der Waals surface area contributed by atoms with Crippen molar-refractivity contribution in [3.63, 3.8) is 0 Å². The van der Waals surface area contributed by atoms with E-state index in [1.165, 1.54) is 0 Å². The zero-order valence-electron chi connectivity index (χ0n) is 15.1. The van der Waals surface area contributed by atoms with Crippen LogP contribution in [-0.2, 0) is 7.05 Å². The SMILES string of the molecule is CC(C)c1cc(C(=O)NC[C@H]2CCCN(c3ncccn3)C2)n(C)n1. The number of rotatable bonds is 5. The number of carbonyl (C=O) groups excluding carboxylic acids is 1. The van der Waals surface area contributed by atoms with Crippen LogP contribution in [0.3, 0.4) is 0 Å². The topological polar surface area (TPSA) is 75.9 Å². The number of nitrogens with one attached hydrogen (secondary N) is 1. The molecule has 3 rings (SSSR count). The Morgan fingerprint density at radius 2 is 2.12 bits per heavy atom. The highest BCUT2D eigenvalue weighted by atomic mass is 16.2. The highest BCUT2D eigenvalue weighted by Crippen LogP contribution is 2.19. The van der Waals surface area contributed by atoms with E-state index in [1.54, 1.807) is 17.1 Å².